The maximum absolute atomic E-state index is 14.7. The lowest BCUT2D eigenvalue weighted by Crippen LogP contribution is -2.62. The van der Waals surface area contributed by atoms with Gasteiger partial charge < -0.3 is 10.2 Å². The zero-order chi connectivity index (χ0) is 20.9. The monoisotopic (exact) mass is 409 g/mol. The average molecular weight is 409 g/mol. The molecule has 8 atom stereocenters. The minimum Gasteiger partial charge on any atom is -0.479 e. The molecule has 1 aliphatic heterocycles. The second-order valence-corrected chi connectivity index (χ2v) is 9.84. The highest BCUT2D eigenvalue weighted by Crippen LogP contribution is 2.70. The van der Waals surface area contributed by atoms with Crippen LogP contribution in [-0.4, -0.2) is 40.2 Å². The minimum absolute atomic E-state index is 0.0605. The number of hydrogen-bond acceptors (Lipinski definition) is 5. The summed E-state index contributed by atoms with van der Waals surface area (Å²) in [7, 11) is 0. The van der Waals surface area contributed by atoms with Crippen LogP contribution >= 0.6 is 0 Å². The first kappa shape index (κ1) is 19.3. The number of aliphatic hydroxyl groups is 1. The van der Waals surface area contributed by atoms with Gasteiger partial charge in [-0.05, 0) is 49.2 Å². The number of carboxylic acid groups (broad SMARTS) is 1. The van der Waals surface area contributed by atoms with Gasteiger partial charge in [-0.15, -0.1) is 0 Å². The van der Waals surface area contributed by atoms with Crippen molar-refractivity contribution in [3.63, 3.8) is 0 Å². The molecule has 1 heterocycles. The van der Waals surface area contributed by atoms with E-state index in [1.165, 1.54) is 6.08 Å². The van der Waals surface area contributed by atoms with Crippen LogP contribution in [0.4, 0.5) is 8.78 Å². The Morgan fingerprint density at radius 1 is 1.34 bits per heavy atom. The smallest absolute Gasteiger partial charge is 0.339 e. The molecule has 3 N–H and O–H groups in total. The summed E-state index contributed by atoms with van der Waals surface area (Å²) in [5.74, 6) is -5.30. The summed E-state index contributed by atoms with van der Waals surface area (Å²) in [6, 6.07) is 0. The number of halogens is 2. The van der Waals surface area contributed by atoms with Gasteiger partial charge in [0.15, 0.2) is 17.3 Å². The van der Waals surface area contributed by atoms with E-state index >= 15 is 0 Å². The number of allylic oxidation sites excluding steroid dienone is 4. The molecule has 0 aromatic heterocycles. The Morgan fingerprint density at radius 3 is 2.76 bits per heavy atom. The Balaban J connectivity index is 1.62. The molecule has 29 heavy (non-hydrogen) atoms. The molecule has 6 nitrogen and oxygen atoms in total. The van der Waals surface area contributed by atoms with Crippen molar-refractivity contribution in [2.24, 2.45) is 34.5 Å². The van der Waals surface area contributed by atoms with Gasteiger partial charge in [0.25, 0.3) is 0 Å². The Morgan fingerprint density at radius 2 is 2.07 bits per heavy atom. The minimum atomic E-state index is -1.42. The first-order chi connectivity index (χ1) is 13.6. The fourth-order valence-electron chi connectivity index (χ4n) is 7.77. The van der Waals surface area contributed by atoms with E-state index in [1.54, 1.807) is 6.92 Å². The molecule has 0 spiro atoms. The van der Waals surface area contributed by atoms with Crippen LogP contribution < -0.4 is 5.48 Å². The summed E-state index contributed by atoms with van der Waals surface area (Å²) in [6.45, 7) is 3.98. The molecule has 0 aromatic carbocycles. The highest BCUT2D eigenvalue weighted by atomic mass is 19.1. The molecule has 4 aliphatic carbocycles. The fraction of sp³-hybridized carbons (Fsp3) is 0.714. The van der Waals surface area contributed by atoms with Crippen LogP contribution in [-0.2, 0) is 14.4 Å². The fourth-order valence-corrected chi connectivity index (χ4v) is 7.77. The van der Waals surface area contributed by atoms with Crippen molar-refractivity contribution in [1.82, 2.24) is 5.48 Å². The van der Waals surface area contributed by atoms with Gasteiger partial charge in [0, 0.05) is 29.2 Å². The van der Waals surface area contributed by atoms with Crippen molar-refractivity contribution >= 4 is 11.8 Å². The van der Waals surface area contributed by atoms with E-state index in [9.17, 15) is 28.6 Å². The molecular weight excluding hydrogens is 384 g/mol. The molecule has 8 heteroatoms. The van der Waals surface area contributed by atoms with Crippen molar-refractivity contribution in [3.05, 3.63) is 23.3 Å². The Bertz CT molecular complexity index is 886. The van der Waals surface area contributed by atoms with E-state index in [2.05, 4.69) is 5.48 Å². The van der Waals surface area contributed by atoms with Gasteiger partial charge in [-0.1, -0.05) is 13.8 Å². The number of carbonyl (C=O) groups is 2. The van der Waals surface area contributed by atoms with Crippen molar-refractivity contribution in [1.29, 1.82) is 0 Å². The third-order valence-electron chi connectivity index (χ3n) is 8.86. The third-order valence-corrected chi connectivity index (χ3v) is 8.86. The maximum atomic E-state index is 14.7. The zero-order valence-electron chi connectivity index (χ0n) is 16.4. The number of nitrogens with one attached hydrogen (secondary N) is 1. The molecule has 5 aliphatic rings. The lowest BCUT2D eigenvalue weighted by atomic mass is 9.46. The van der Waals surface area contributed by atoms with Crippen LogP contribution in [0.3, 0.4) is 0 Å². The normalized spacial score (nSPS) is 51.1. The zero-order valence-corrected chi connectivity index (χ0v) is 16.4. The van der Waals surface area contributed by atoms with Crippen LogP contribution in [0.15, 0.2) is 23.3 Å². The number of aliphatic hydroxyl groups excluding tert-OH is 1. The van der Waals surface area contributed by atoms with Crippen molar-refractivity contribution in [2.45, 2.75) is 51.2 Å². The molecule has 1 saturated heterocycles. The SMILES string of the molecule is CC12C=C(F)C(=O)C(F)=C1CCC1C2C(O)CC2(C)C1CC1CNOC12C(=O)O. The average Bonchev–Trinajstić information content (AvgIpc) is 3.16. The van der Waals surface area contributed by atoms with Crippen LogP contribution in [0, 0.1) is 34.5 Å². The summed E-state index contributed by atoms with van der Waals surface area (Å²) in [4.78, 5) is 29.8. The predicted molar refractivity (Wildman–Crippen MR) is 96.4 cm³/mol. The van der Waals surface area contributed by atoms with E-state index < -0.39 is 51.9 Å². The van der Waals surface area contributed by atoms with E-state index in [1.807, 2.05) is 6.92 Å². The topological polar surface area (TPSA) is 95.9 Å². The van der Waals surface area contributed by atoms with E-state index in [0.717, 1.165) is 0 Å². The molecule has 0 amide bonds. The van der Waals surface area contributed by atoms with Gasteiger partial charge in [0.1, 0.15) is 0 Å². The molecule has 158 valence electrons. The van der Waals surface area contributed by atoms with Crippen molar-refractivity contribution in [3.8, 4) is 0 Å². The number of fused-ring (bicyclic) bond motifs is 7. The lowest BCUT2D eigenvalue weighted by molar-refractivity contribution is -0.211. The van der Waals surface area contributed by atoms with E-state index in [4.69, 9.17) is 4.84 Å². The highest BCUT2D eigenvalue weighted by molar-refractivity contribution is 6.07. The highest BCUT2D eigenvalue weighted by Gasteiger charge is 2.75. The number of aliphatic carboxylic acids is 1. The molecule has 0 bridgehead atoms. The molecule has 8 unspecified atom stereocenters. The second kappa shape index (κ2) is 5.74. The van der Waals surface area contributed by atoms with Crippen LogP contribution in [0.2, 0.25) is 0 Å². The third kappa shape index (κ3) is 2.05. The van der Waals surface area contributed by atoms with Gasteiger partial charge >= 0.3 is 5.97 Å². The van der Waals surface area contributed by atoms with Crippen LogP contribution in [0.5, 0.6) is 0 Å². The number of Topliss-reactive ketones (excluding diaryl/α,β-unsaturated/α-hetero) is 1. The molecule has 4 fully saturated rings. The van der Waals surface area contributed by atoms with E-state index in [0.29, 0.717) is 25.8 Å². The van der Waals surface area contributed by atoms with Gasteiger partial charge in [0.05, 0.1) is 6.10 Å². The first-order valence-electron chi connectivity index (χ1n) is 10.2. The van der Waals surface area contributed by atoms with Gasteiger partial charge in [0.2, 0.25) is 5.78 Å². The maximum Gasteiger partial charge on any atom is 0.339 e. The largest absolute Gasteiger partial charge is 0.479 e. The predicted octanol–water partition coefficient (Wildman–Crippen LogP) is 2.44. The van der Waals surface area contributed by atoms with Gasteiger partial charge in [-0.2, -0.15) is 0 Å². The summed E-state index contributed by atoms with van der Waals surface area (Å²) in [5, 5.41) is 21.3. The molecule has 0 aromatic rings. The Kier molecular flexibility index (Phi) is 3.82. The van der Waals surface area contributed by atoms with Crippen molar-refractivity contribution in [2.75, 3.05) is 6.54 Å². The van der Waals surface area contributed by atoms with Crippen LogP contribution in [0.1, 0.15) is 39.5 Å². The van der Waals surface area contributed by atoms with Gasteiger partial charge in [-0.3, -0.25) is 9.63 Å². The van der Waals surface area contributed by atoms with Crippen LogP contribution in [0.25, 0.3) is 0 Å². The molecule has 0 radical (unpaired) electrons. The molecular formula is C21H25F2NO5. The number of carbonyl (C=O) groups excluding carboxylic acids is 1. The summed E-state index contributed by atoms with van der Waals surface area (Å²) in [5.41, 5.74) is -0.323. The standard InChI is InChI=1S/C21H25F2NO5/c1-19-6-13(22)17(26)16(23)11(19)4-3-10-12-5-9-8-24-29-21(9,18(27)28)20(12,2)7-14(25)15(10)19/h6,9-10,12,14-15,24-25H,3-5,7-8H2,1-2H3,(H,27,28). The number of hydrogen-bond donors (Lipinski definition) is 3. The number of carboxylic acids is 1. The molecule has 5 rings (SSSR count). The quantitative estimate of drug-likeness (QED) is 0.616. The number of hydroxylamine groups is 1. The summed E-state index contributed by atoms with van der Waals surface area (Å²) >= 11 is 0. The van der Waals surface area contributed by atoms with Gasteiger partial charge in [-0.25, -0.2) is 19.1 Å². The summed E-state index contributed by atoms with van der Waals surface area (Å²) < 4.78 is 28.9. The lowest BCUT2D eigenvalue weighted by Gasteiger charge is -2.59. The Labute approximate surface area is 166 Å². The number of rotatable bonds is 1. The number of ketones is 1. The molecule has 3 saturated carbocycles. The first-order valence-corrected chi connectivity index (χ1v) is 10.2. The second-order valence-electron chi connectivity index (χ2n) is 9.84. The van der Waals surface area contributed by atoms with E-state index in [-0.39, 0.29) is 29.7 Å². The summed E-state index contributed by atoms with van der Waals surface area (Å²) in [6.07, 6.45) is 1.81. The van der Waals surface area contributed by atoms with Crippen molar-refractivity contribution < 1.29 is 33.4 Å². The Hall–Kier alpha value is -1.64.